The first-order valence-electron chi connectivity index (χ1n) is 7.26. The number of hydrogen-bond acceptors (Lipinski definition) is 3. The number of nitrogens with zero attached hydrogens (tertiary/aromatic N) is 2. The Kier molecular flexibility index (Phi) is 3.91. The molecular formula is C14H20BrN3O. The van der Waals surface area contributed by atoms with Gasteiger partial charge in [0.15, 0.2) is 0 Å². The van der Waals surface area contributed by atoms with Gasteiger partial charge in [0.25, 0.3) is 5.56 Å². The van der Waals surface area contributed by atoms with Crippen molar-refractivity contribution in [3.05, 3.63) is 21.0 Å². The van der Waals surface area contributed by atoms with Crippen LogP contribution in [0.4, 0.5) is 5.69 Å². The van der Waals surface area contributed by atoms with E-state index >= 15 is 0 Å². The lowest BCUT2D eigenvalue weighted by atomic mass is 9.85. The highest BCUT2D eigenvalue weighted by Gasteiger charge is 2.22. The molecule has 0 spiro atoms. The molecule has 0 unspecified atom stereocenters. The lowest BCUT2D eigenvalue weighted by molar-refractivity contribution is 0.262. The average molecular weight is 326 g/mol. The normalized spacial score (nSPS) is 20.5. The minimum absolute atomic E-state index is 0.0215. The summed E-state index contributed by atoms with van der Waals surface area (Å²) in [5.41, 5.74) is 0.717. The topological polar surface area (TPSA) is 46.9 Å². The van der Waals surface area contributed by atoms with Crippen LogP contribution in [0.2, 0.25) is 0 Å². The van der Waals surface area contributed by atoms with Gasteiger partial charge >= 0.3 is 0 Å². The van der Waals surface area contributed by atoms with E-state index < -0.39 is 0 Å². The maximum absolute atomic E-state index is 12.5. The van der Waals surface area contributed by atoms with Gasteiger partial charge in [0.2, 0.25) is 0 Å². The molecule has 104 valence electrons. The highest BCUT2D eigenvalue weighted by Crippen LogP contribution is 2.28. The van der Waals surface area contributed by atoms with Crippen molar-refractivity contribution in [2.24, 2.45) is 5.92 Å². The van der Waals surface area contributed by atoms with Gasteiger partial charge in [-0.15, -0.1) is 0 Å². The molecule has 19 heavy (non-hydrogen) atoms. The monoisotopic (exact) mass is 325 g/mol. The van der Waals surface area contributed by atoms with E-state index in [4.69, 9.17) is 0 Å². The van der Waals surface area contributed by atoms with Gasteiger partial charge in [0, 0.05) is 12.6 Å². The zero-order valence-corrected chi connectivity index (χ0v) is 12.7. The molecule has 0 atom stereocenters. The summed E-state index contributed by atoms with van der Waals surface area (Å²) in [6.07, 6.45) is 10.4. The maximum atomic E-state index is 12.5. The Morgan fingerprint density at radius 2 is 2.00 bits per heavy atom. The third kappa shape index (κ3) is 2.86. The van der Waals surface area contributed by atoms with Crippen molar-refractivity contribution >= 4 is 21.6 Å². The molecule has 0 aliphatic heterocycles. The lowest BCUT2D eigenvalue weighted by Crippen LogP contribution is -2.32. The highest BCUT2D eigenvalue weighted by atomic mass is 79.9. The molecule has 1 aromatic rings. The molecule has 0 saturated heterocycles. The van der Waals surface area contributed by atoms with Gasteiger partial charge in [0.05, 0.1) is 10.7 Å². The van der Waals surface area contributed by atoms with E-state index in [0.29, 0.717) is 17.6 Å². The van der Waals surface area contributed by atoms with Crippen LogP contribution in [-0.4, -0.2) is 15.8 Å². The van der Waals surface area contributed by atoms with Crippen LogP contribution < -0.4 is 10.9 Å². The van der Waals surface area contributed by atoms with Crippen LogP contribution in [0.15, 0.2) is 15.5 Å². The van der Waals surface area contributed by atoms with Crippen LogP contribution in [0.25, 0.3) is 0 Å². The smallest absolute Gasteiger partial charge is 0.291 e. The summed E-state index contributed by atoms with van der Waals surface area (Å²) in [4.78, 5) is 12.5. The van der Waals surface area contributed by atoms with Gasteiger partial charge in [-0.05, 0) is 47.5 Å². The van der Waals surface area contributed by atoms with E-state index in [1.807, 2.05) is 0 Å². The van der Waals surface area contributed by atoms with Crippen LogP contribution in [0.5, 0.6) is 0 Å². The van der Waals surface area contributed by atoms with Crippen molar-refractivity contribution in [3.8, 4) is 0 Å². The Bertz CT molecular complexity index is 504. The van der Waals surface area contributed by atoms with E-state index in [2.05, 4.69) is 26.3 Å². The van der Waals surface area contributed by atoms with Gasteiger partial charge in [-0.2, -0.15) is 5.10 Å². The molecule has 4 nitrogen and oxygen atoms in total. The van der Waals surface area contributed by atoms with Crippen LogP contribution in [0, 0.1) is 5.92 Å². The van der Waals surface area contributed by atoms with Gasteiger partial charge < -0.3 is 5.32 Å². The van der Waals surface area contributed by atoms with Gasteiger partial charge in [0.1, 0.15) is 5.69 Å². The van der Waals surface area contributed by atoms with E-state index in [-0.39, 0.29) is 5.56 Å². The van der Waals surface area contributed by atoms with E-state index in [1.54, 1.807) is 10.9 Å². The van der Waals surface area contributed by atoms with Gasteiger partial charge in [-0.3, -0.25) is 4.79 Å². The van der Waals surface area contributed by atoms with E-state index in [0.717, 1.165) is 23.9 Å². The van der Waals surface area contributed by atoms with Crippen molar-refractivity contribution in [2.45, 2.75) is 57.5 Å². The molecule has 0 bridgehead atoms. The molecule has 0 aromatic carbocycles. The summed E-state index contributed by atoms with van der Waals surface area (Å²) >= 11 is 3.45. The van der Waals surface area contributed by atoms with Crippen molar-refractivity contribution in [1.82, 2.24) is 9.78 Å². The minimum atomic E-state index is 0.0215. The Morgan fingerprint density at radius 3 is 2.63 bits per heavy atom. The van der Waals surface area contributed by atoms with Crippen LogP contribution in [0.1, 0.15) is 44.9 Å². The molecule has 0 radical (unpaired) electrons. The first kappa shape index (κ1) is 13.2. The van der Waals surface area contributed by atoms with Crippen molar-refractivity contribution in [1.29, 1.82) is 0 Å². The molecule has 2 aliphatic rings. The second-order valence-electron chi connectivity index (χ2n) is 5.78. The molecular weight excluding hydrogens is 306 g/mol. The fourth-order valence-corrected chi connectivity index (χ4v) is 3.30. The Labute approximate surface area is 121 Å². The number of rotatable bonds is 4. The van der Waals surface area contributed by atoms with Crippen LogP contribution >= 0.6 is 15.9 Å². The number of anilines is 1. The zero-order chi connectivity index (χ0) is 13.2. The third-order valence-corrected chi connectivity index (χ3v) is 4.96. The maximum Gasteiger partial charge on any atom is 0.291 e. The number of hydrogen-bond donors (Lipinski definition) is 1. The largest absolute Gasteiger partial charge is 0.377 e. The molecule has 1 N–H and O–H groups in total. The zero-order valence-electron chi connectivity index (χ0n) is 11.1. The van der Waals surface area contributed by atoms with Crippen molar-refractivity contribution in [3.63, 3.8) is 0 Å². The van der Waals surface area contributed by atoms with Crippen LogP contribution in [0.3, 0.4) is 0 Å². The van der Waals surface area contributed by atoms with Gasteiger partial charge in [-0.25, -0.2) is 4.68 Å². The SMILES string of the molecule is O=c1c(NC2CCCC2)c(Br)cnn1CC1CCC1. The first-order chi connectivity index (χ1) is 9.24. The van der Waals surface area contributed by atoms with Gasteiger partial charge in [-0.1, -0.05) is 19.3 Å². The molecule has 2 saturated carbocycles. The fourth-order valence-electron chi connectivity index (χ4n) is 2.92. The third-order valence-electron chi connectivity index (χ3n) is 4.36. The highest BCUT2D eigenvalue weighted by molar-refractivity contribution is 9.10. The molecule has 0 amide bonds. The first-order valence-corrected chi connectivity index (χ1v) is 8.05. The summed E-state index contributed by atoms with van der Waals surface area (Å²) in [7, 11) is 0. The second kappa shape index (κ2) is 5.65. The summed E-state index contributed by atoms with van der Waals surface area (Å²) in [5.74, 6) is 0.644. The molecule has 2 fully saturated rings. The Hall–Kier alpha value is -0.840. The lowest BCUT2D eigenvalue weighted by Gasteiger charge is -2.25. The predicted molar refractivity (Wildman–Crippen MR) is 79.4 cm³/mol. The Balaban J connectivity index is 1.80. The standard InChI is InChI=1S/C14H20BrN3O/c15-12-8-16-18(9-10-4-3-5-10)14(19)13(12)17-11-6-1-2-7-11/h8,10-11,17H,1-7,9H2. The fraction of sp³-hybridized carbons (Fsp3) is 0.714. The molecule has 1 heterocycles. The quantitative estimate of drug-likeness (QED) is 0.924. The Morgan fingerprint density at radius 1 is 1.26 bits per heavy atom. The molecule has 1 aromatic heterocycles. The predicted octanol–water partition coefficient (Wildman–Crippen LogP) is 3.16. The summed E-state index contributed by atoms with van der Waals surface area (Å²) < 4.78 is 2.42. The van der Waals surface area contributed by atoms with E-state index in [9.17, 15) is 4.79 Å². The summed E-state index contributed by atoms with van der Waals surface area (Å²) in [5, 5.41) is 7.66. The van der Waals surface area contributed by atoms with Crippen LogP contribution in [-0.2, 0) is 6.54 Å². The molecule has 3 rings (SSSR count). The van der Waals surface area contributed by atoms with Crippen molar-refractivity contribution in [2.75, 3.05) is 5.32 Å². The number of aromatic nitrogens is 2. The van der Waals surface area contributed by atoms with E-state index in [1.165, 1.54) is 32.1 Å². The number of nitrogens with one attached hydrogen (secondary N) is 1. The minimum Gasteiger partial charge on any atom is -0.377 e. The average Bonchev–Trinajstić information content (AvgIpc) is 2.84. The molecule has 5 heteroatoms. The summed E-state index contributed by atoms with van der Waals surface area (Å²) in [6.45, 7) is 0.769. The number of halogens is 1. The van der Waals surface area contributed by atoms with Crippen molar-refractivity contribution < 1.29 is 0 Å². The molecule has 2 aliphatic carbocycles. The second-order valence-corrected chi connectivity index (χ2v) is 6.63. The summed E-state index contributed by atoms with van der Waals surface area (Å²) in [6, 6.07) is 0.448.